The van der Waals surface area contributed by atoms with E-state index in [-0.39, 0.29) is 28.5 Å². The summed E-state index contributed by atoms with van der Waals surface area (Å²) in [6.45, 7) is 0. The first kappa shape index (κ1) is 23.0. The fraction of sp³-hybridized carbons (Fsp3) is 0.412. The van der Waals surface area contributed by atoms with Gasteiger partial charge in [-0.15, -0.1) is 28.6 Å². The fourth-order valence-corrected chi connectivity index (χ4v) is 6.54. The third-order valence-electron chi connectivity index (χ3n) is 4.95. The quantitative estimate of drug-likeness (QED) is 0.172. The standard InChI is InChI=1S/C17H16N8O5S4/c18-17-21-12(23-34-17)9(22-30-7-1-2-7)13(26)20-10-14(27)25-11(16(28)29)6(5-32-15(10)25)4-31-8-3-19-24-33-8/h3,7,10,15H,1-2,4-5H2,(H,20,26)(H,28,29)(H2,18,21,23)/t10-,15+/m1/s1. The summed E-state index contributed by atoms with van der Waals surface area (Å²) in [5, 5.41) is 19.7. The summed E-state index contributed by atoms with van der Waals surface area (Å²) in [5.74, 6) is -1.61. The molecule has 2 amide bonds. The summed E-state index contributed by atoms with van der Waals surface area (Å²) in [4.78, 5) is 48.4. The van der Waals surface area contributed by atoms with Gasteiger partial charge in [-0.05, 0) is 29.9 Å². The number of nitrogen functional groups attached to an aromatic ring is 1. The number of thioether (sulfide) groups is 2. The van der Waals surface area contributed by atoms with Gasteiger partial charge in [0.05, 0.1) is 6.20 Å². The highest BCUT2D eigenvalue weighted by molar-refractivity contribution is 8.01. The van der Waals surface area contributed by atoms with Crippen molar-refractivity contribution < 1.29 is 24.3 Å². The third-order valence-corrected chi connectivity index (χ3v) is 8.76. The predicted molar refractivity (Wildman–Crippen MR) is 125 cm³/mol. The molecule has 2 atom stereocenters. The van der Waals surface area contributed by atoms with Gasteiger partial charge in [-0.25, -0.2) is 4.79 Å². The van der Waals surface area contributed by atoms with E-state index < -0.39 is 29.2 Å². The van der Waals surface area contributed by atoms with E-state index in [1.54, 1.807) is 6.20 Å². The molecule has 2 fully saturated rings. The normalized spacial score (nSPS) is 22.3. The van der Waals surface area contributed by atoms with E-state index in [9.17, 15) is 19.5 Å². The summed E-state index contributed by atoms with van der Waals surface area (Å²) >= 11 is 4.91. The molecule has 0 bridgehead atoms. The number of aliphatic carboxylic acids is 1. The highest BCUT2D eigenvalue weighted by atomic mass is 32.2. The largest absolute Gasteiger partial charge is 0.477 e. The highest BCUT2D eigenvalue weighted by Crippen LogP contribution is 2.41. The van der Waals surface area contributed by atoms with Gasteiger partial charge in [0.15, 0.2) is 5.13 Å². The van der Waals surface area contributed by atoms with Crippen molar-refractivity contribution in [2.24, 2.45) is 5.16 Å². The Kier molecular flexibility index (Phi) is 6.41. The van der Waals surface area contributed by atoms with Crippen molar-refractivity contribution >= 4 is 75.2 Å². The van der Waals surface area contributed by atoms with Gasteiger partial charge in [-0.1, -0.05) is 9.64 Å². The van der Waals surface area contributed by atoms with Crippen LogP contribution in [0.25, 0.3) is 0 Å². The molecule has 13 nitrogen and oxygen atoms in total. The summed E-state index contributed by atoms with van der Waals surface area (Å²) in [5.41, 5.74) is 6.01. The van der Waals surface area contributed by atoms with Crippen LogP contribution in [-0.4, -0.2) is 81.5 Å². The molecular weight excluding hydrogens is 525 g/mol. The number of carboxylic acid groups (broad SMARTS) is 1. The lowest BCUT2D eigenvalue weighted by Crippen LogP contribution is -2.71. The smallest absolute Gasteiger partial charge is 0.352 e. The molecule has 0 radical (unpaired) electrons. The molecule has 1 aliphatic carbocycles. The minimum atomic E-state index is -1.19. The predicted octanol–water partition coefficient (Wildman–Crippen LogP) is 0.386. The zero-order chi connectivity index (χ0) is 23.8. The minimum Gasteiger partial charge on any atom is -0.477 e. The second-order valence-electron chi connectivity index (χ2n) is 7.34. The van der Waals surface area contributed by atoms with Crippen molar-refractivity contribution in [2.45, 2.75) is 34.6 Å². The van der Waals surface area contributed by atoms with Crippen LogP contribution < -0.4 is 11.1 Å². The molecule has 0 spiro atoms. The molecular formula is C17H16N8O5S4. The lowest BCUT2D eigenvalue weighted by atomic mass is 10.0. The number of amides is 2. The van der Waals surface area contributed by atoms with Crippen LogP contribution in [0.15, 0.2) is 26.8 Å². The SMILES string of the molecule is Nc1nc(C(=NOC2CC2)C(=O)N[C@@H]2C(=O)N3C(C(=O)O)=C(CSc4cnns4)CS[C@@H]23)ns1. The first-order valence-electron chi connectivity index (χ1n) is 9.86. The van der Waals surface area contributed by atoms with E-state index >= 15 is 0 Å². The second-order valence-corrected chi connectivity index (χ2v) is 11.3. The monoisotopic (exact) mass is 540 g/mol. The molecule has 1 saturated carbocycles. The summed E-state index contributed by atoms with van der Waals surface area (Å²) in [7, 11) is 0. The van der Waals surface area contributed by atoms with Gasteiger partial charge >= 0.3 is 5.97 Å². The number of nitrogens with zero attached hydrogens (tertiary/aromatic N) is 6. The van der Waals surface area contributed by atoms with Crippen molar-refractivity contribution in [3.63, 3.8) is 0 Å². The van der Waals surface area contributed by atoms with Crippen LogP contribution in [0.3, 0.4) is 0 Å². The molecule has 2 aliphatic heterocycles. The molecule has 4 N–H and O–H groups in total. The second kappa shape index (κ2) is 9.47. The third kappa shape index (κ3) is 4.59. The maximum Gasteiger partial charge on any atom is 0.352 e. The zero-order valence-electron chi connectivity index (χ0n) is 17.1. The molecule has 17 heteroatoms. The van der Waals surface area contributed by atoms with Crippen LogP contribution in [0.2, 0.25) is 0 Å². The molecule has 178 valence electrons. The van der Waals surface area contributed by atoms with Gasteiger partial charge in [-0.3, -0.25) is 14.5 Å². The van der Waals surface area contributed by atoms with E-state index in [2.05, 4.69) is 29.4 Å². The number of hydrogen-bond donors (Lipinski definition) is 3. The summed E-state index contributed by atoms with van der Waals surface area (Å²) in [6, 6.07) is -0.922. The fourth-order valence-electron chi connectivity index (χ4n) is 3.20. The summed E-state index contributed by atoms with van der Waals surface area (Å²) in [6.07, 6.45) is 3.22. The Morgan fingerprint density at radius 3 is 2.85 bits per heavy atom. The van der Waals surface area contributed by atoms with Crippen LogP contribution in [0, 0.1) is 0 Å². The van der Waals surface area contributed by atoms with Crippen LogP contribution in [0.1, 0.15) is 18.7 Å². The van der Waals surface area contributed by atoms with E-state index in [0.29, 0.717) is 17.1 Å². The maximum absolute atomic E-state index is 13.0. The number of carbonyl (C=O) groups excluding carboxylic acids is 2. The van der Waals surface area contributed by atoms with E-state index in [1.807, 2.05) is 0 Å². The van der Waals surface area contributed by atoms with Gasteiger partial charge in [0.2, 0.25) is 11.5 Å². The number of oxime groups is 1. The van der Waals surface area contributed by atoms with Crippen molar-refractivity contribution in [2.75, 3.05) is 17.2 Å². The van der Waals surface area contributed by atoms with Gasteiger partial charge in [-0.2, -0.15) is 9.36 Å². The molecule has 3 aliphatic rings. The Bertz CT molecular complexity index is 1190. The van der Waals surface area contributed by atoms with Crippen LogP contribution in [0.5, 0.6) is 0 Å². The number of carboxylic acids is 1. The van der Waals surface area contributed by atoms with E-state index in [0.717, 1.165) is 28.6 Å². The van der Waals surface area contributed by atoms with Crippen LogP contribution in [-0.2, 0) is 19.2 Å². The average molecular weight is 541 g/mol. The number of nitrogens with two attached hydrogens (primary N) is 1. The van der Waals surface area contributed by atoms with Crippen LogP contribution in [0.4, 0.5) is 5.13 Å². The van der Waals surface area contributed by atoms with Crippen molar-refractivity contribution in [1.82, 2.24) is 29.2 Å². The van der Waals surface area contributed by atoms with Crippen molar-refractivity contribution in [1.29, 1.82) is 0 Å². The number of anilines is 1. The molecule has 0 unspecified atom stereocenters. The Morgan fingerprint density at radius 2 is 2.21 bits per heavy atom. The Labute approximate surface area is 208 Å². The van der Waals surface area contributed by atoms with Gasteiger partial charge in [0.1, 0.15) is 27.4 Å². The van der Waals surface area contributed by atoms with E-state index in [4.69, 9.17) is 10.6 Å². The lowest BCUT2D eigenvalue weighted by Gasteiger charge is -2.49. The lowest BCUT2D eigenvalue weighted by molar-refractivity contribution is -0.150. The number of carbonyl (C=O) groups is 3. The zero-order valence-corrected chi connectivity index (χ0v) is 20.4. The molecule has 34 heavy (non-hydrogen) atoms. The summed E-state index contributed by atoms with van der Waals surface area (Å²) < 4.78 is 8.65. The first-order valence-corrected chi connectivity index (χ1v) is 13.4. The number of nitrogens with one attached hydrogen (secondary N) is 1. The van der Waals surface area contributed by atoms with Gasteiger partial charge in [0.25, 0.3) is 11.8 Å². The van der Waals surface area contributed by atoms with Crippen molar-refractivity contribution in [3.8, 4) is 0 Å². The molecule has 2 aromatic heterocycles. The number of β-lactam (4-membered cyclic amide) rings is 1. The van der Waals surface area contributed by atoms with E-state index in [1.165, 1.54) is 40.0 Å². The number of rotatable bonds is 9. The Morgan fingerprint density at radius 1 is 1.38 bits per heavy atom. The number of hydrogen-bond acceptors (Lipinski definition) is 14. The van der Waals surface area contributed by atoms with Crippen LogP contribution >= 0.6 is 46.6 Å². The van der Waals surface area contributed by atoms with Crippen molar-refractivity contribution in [3.05, 3.63) is 23.3 Å². The topological polar surface area (TPSA) is 186 Å². The molecule has 1 saturated heterocycles. The first-order chi connectivity index (χ1) is 16.4. The van der Waals surface area contributed by atoms with Gasteiger partial charge < -0.3 is 21.0 Å². The molecule has 5 rings (SSSR count). The number of fused-ring (bicyclic) bond motifs is 1. The molecule has 0 aromatic carbocycles. The molecule has 2 aromatic rings. The Hall–Kier alpha value is -2.76. The molecule has 4 heterocycles. The Balaban J connectivity index is 1.31. The average Bonchev–Trinajstić information content (AvgIpc) is 3.30. The maximum atomic E-state index is 13.0. The number of aromatic nitrogens is 4. The van der Waals surface area contributed by atoms with Gasteiger partial charge in [0, 0.05) is 23.0 Å². The highest BCUT2D eigenvalue weighted by Gasteiger charge is 2.54. The minimum absolute atomic E-state index is 0.00330.